The summed E-state index contributed by atoms with van der Waals surface area (Å²) >= 11 is 0. The van der Waals surface area contributed by atoms with Gasteiger partial charge >= 0.3 is 0 Å². The maximum atomic E-state index is 14.7. The van der Waals surface area contributed by atoms with Crippen LogP contribution in [0.15, 0.2) is 216 Å². The third-order valence-corrected chi connectivity index (χ3v) is 20.4. The monoisotopic (exact) mass is 1640 g/mol. The Bertz CT molecular complexity index is 5960. The largest absolute Gasteiger partial charge is 0.497 e. The van der Waals surface area contributed by atoms with Crippen LogP contribution in [0.4, 0.5) is 22.0 Å². The fourth-order valence-electron chi connectivity index (χ4n) is 14.1. The van der Waals surface area contributed by atoms with E-state index in [1.165, 1.54) is 41.5 Å². The highest BCUT2D eigenvalue weighted by Gasteiger charge is 2.25. The van der Waals surface area contributed by atoms with Crippen molar-refractivity contribution in [1.29, 1.82) is 0 Å². The molecule has 0 unspecified atom stereocenters. The summed E-state index contributed by atoms with van der Waals surface area (Å²) in [5.74, 6) is 1.36. The Morgan fingerprint density at radius 3 is 1.07 bits per heavy atom. The highest BCUT2D eigenvalue weighted by atomic mass is 19.1. The molecule has 0 saturated carbocycles. The van der Waals surface area contributed by atoms with Gasteiger partial charge in [0.1, 0.15) is 88.1 Å². The highest BCUT2D eigenvalue weighted by Crippen LogP contribution is 2.37. The molecular formula is C98H107F5N12O6. The molecule has 0 spiro atoms. The number of likely N-dealkylation sites (N-methyl/N-ethyl adjacent to an activating group) is 2. The Morgan fingerprint density at radius 2 is 0.686 bits per heavy atom. The lowest BCUT2D eigenvalue weighted by Gasteiger charge is -2.09. The van der Waals surface area contributed by atoms with E-state index in [9.17, 15) is 27.1 Å². The van der Waals surface area contributed by atoms with Crippen LogP contribution in [0.3, 0.4) is 0 Å². The second-order valence-electron chi connectivity index (χ2n) is 29.6. The van der Waals surface area contributed by atoms with Crippen LogP contribution in [0.5, 0.6) is 28.7 Å². The summed E-state index contributed by atoms with van der Waals surface area (Å²) in [7, 11) is 12.9. The van der Waals surface area contributed by atoms with Crippen molar-refractivity contribution in [2.45, 2.75) is 81.1 Å². The lowest BCUT2D eigenvalue weighted by Crippen LogP contribution is -2.16. The van der Waals surface area contributed by atoms with Crippen molar-refractivity contribution in [1.82, 2.24) is 50.6 Å². The number of aromatic nitrogens is 6. The van der Waals surface area contributed by atoms with Gasteiger partial charge in [-0.15, -0.1) is 0 Å². The van der Waals surface area contributed by atoms with Crippen LogP contribution in [0.25, 0.3) is 66.5 Å². The van der Waals surface area contributed by atoms with E-state index in [0.29, 0.717) is 126 Å². The molecule has 630 valence electrons. The van der Waals surface area contributed by atoms with Crippen LogP contribution in [0.2, 0.25) is 0 Å². The number of rotatable bonds is 27. The third-order valence-electron chi connectivity index (χ3n) is 20.4. The van der Waals surface area contributed by atoms with Crippen molar-refractivity contribution >= 4 is 44.1 Å². The summed E-state index contributed by atoms with van der Waals surface area (Å²) in [4.78, 5) is 9.03. The standard InChI is InChI=1S/C23H21FN2O2.C19H22FN3O.C19H21FN2O.C18H20FN3O.C18H19FN2O.CH4/c1-15-3-9-20-22(11-15)26(13-16-4-7-18(28-2)8-5-16)25-23(20)19-10-6-17(14-27)12-21(19)24;1-13-5-7-16-18(11-13)23(3)22-19(16)15-8-6-14(12-17(15)20)24-10-4-9-21-2;1-13-4-6-16-14(10-13)12-22-19(16)17-7-5-15(11-18(17)20)23-9-3-8-21-2;1-12-4-6-15-17(10-12)22(3)21-18(15)14-7-5-13(11-16(14)19)23-9-8-20-2;1-12-3-5-15-13(9-12)11-21-18(15)16-6-4-14(10-17(16)19)22-8-7-20-2;/h3-12,27H,13-14H2,1-2H3;5-8,11-12,21H,4,9-10H2,1-3H3;4-7,10-11,21H,3,8-9,12H2,1-2H3;4-7,10-11,20H,8-9H2,1-3H3;3-6,9-10,20H,7-8,11H2,1-2H3;1H4. The van der Waals surface area contributed by atoms with Gasteiger partial charge in [-0.3, -0.25) is 24.0 Å². The molecule has 18 nitrogen and oxygen atoms in total. The topological polar surface area (TPSA) is 193 Å². The number of aryl methyl sites for hydroxylation is 7. The molecule has 121 heavy (non-hydrogen) atoms. The Labute approximate surface area is 705 Å². The van der Waals surface area contributed by atoms with E-state index in [-0.39, 0.29) is 43.1 Å². The number of benzene rings is 11. The molecule has 3 aromatic heterocycles. The fourth-order valence-corrected chi connectivity index (χ4v) is 14.1. The van der Waals surface area contributed by atoms with Gasteiger partial charge in [-0.25, -0.2) is 22.0 Å². The van der Waals surface area contributed by atoms with Crippen molar-refractivity contribution in [3.8, 4) is 62.5 Å². The second-order valence-corrected chi connectivity index (χ2v) is 29.6. The first-order valence-corrected chi connectivity index (χ1v) is 40.1. The molecule has 14 aromatic rings. The molecule has 0 bridgehead atoms. The minimum atomic E-state index is -0.386. The number of ether oxygens (including phenoxy) is 5. The van der Waals surface area contributed by atoms with Crippen LogP contribution in [-0.2, 0) is 40.3 Å². The Hall–Kier alpha value is -12.4. The van der Waals surface area contributed by atoms with Crippen LogP contribution >= 0.6 is 0 Å². The molecular weight excluding hydrogens is 1540 g/mol. The smallest absolute Gasteiger partial charge is 0.136 e. The highest BCUT2D eigenvalue weighted by molar-refractivity contribution is 6.16. The van der Waals surface area contributed by atoms with E-state index in [0.717, 1.165) is 127 Å². The Kier molecular flexibility index (Phi) is 31.4. The van der Waals surface area contributed by atoms with E-state index in [2.05, 4.69) is 85.6 Å². The number of methoxy groups -OCH3 is 1. The van der Waals surface area contributed by atoms with E-state index < -0.39 is 0 Å². The zero-order chi connectivity index (χ0) is 84.9. The molecule has 0 aliphatic carbocycles. The first kappa shape index (κ1) is 89.4. The summed E-state index contributed by atoms with van der Waals surface area (Å²) < 4.78 is 106. The maximum absolute atomic E-state index is 14.7. The first-order chi connectivity index (χ1) is 58.1. The van der Waals surface area contributed by atoms with Gasteiger partial charge in [-0.2, -0.15) is 15.3 Å². The van der Waals surface area contributed by atoms with Gasteiger partial charge in [0.25, 0.3) is 0 Å². The predicted molar refractivity (Wildman–Crippen MR) is 477 cm³/mol. The lowest BCUT2D eigenvalue weighted by atomic mass is 9.98. The van der Waals surface area contributed by atoms with E-state index in [1.54, 1.807) is 71.1 Å². The van der Waals surface area contributed by atoms with Gasteiger partial charge in [0.15, 0.2) is 0 Å². The van der Waals surface area contributed by atoms with Crippen LogP contribution in [-0.4, -0.2) is 134 Å². The molecule has 0 radical (unpaired) electrons. The fraction of sp³-hybridized carbons (Fsp3) is 0.276. The molecule has 2 aliphatic heterocycles. The summed E-state index contributed by atoms with van der Waals surface area (Å²) in [6, 6.07) is 63.0. The number of fused-ring (bicyclic) bond motifs is 5. The first-order valence-electron chi connectivity index (χ1n) is 40.1. The summed E-state index contributed by atoms with van der Waals surface area (Å²) in [5.41, 5.74) is 20.6. The van der Waals surface area contributed by atoms with Crippen molar-refractivity contribution in [3.05, 3.63) is 308 Å². The number of aliphatic imine (C=N–C) groups is 2. The molecule has 11 aromatic carbocycles. The maximum Gasteiger partial charge on any atom is 0.136 e. The predicted octanol–water partition coefficient (Wildman–Crippen LogP) is 18.9. The molecule has 0 saturated heterocycles. The van der Waals surface area contributed by atoms with Crippen LogP contribution in [0, 0.1) is 63.7 Å². The summed E-state index contributed by atoms with van der Waals surface area (Å²) in [5, 5.41) is 37.8. The van der Waals surface area contributed by atoms with Crippen molar-refractivity contribution in [3.63, 3.8) is 0 Å². The summed E-state index contributed by atoms with van der Waals surface area (Å²) in [6.07, 6.45) is 1.77. The number of hydrogen-bond donors (Lipinski definition) is 5. The van der Waals surface area contributed by atoms with E-state index in [4.69, 9.17) is 28.8 Å². The molecule has 2 aliphatic rings. The summed E-state index contributed by atoms with van der Waals surface area (Å²) in [6.45, 7) is 17.2. The average molecular weight is 1640 g/mol. The van der Waals surface area contributed by atoms with Gasteiger partial charge in [-0.05, 0) is 219 Å². The van der Waals surface area contributed by atoms with Crippen LogP contribution in [0.1, 0.15) is 92.6 Å². The SMILES string of the molecule is C.CNCCCOc1ccc(-c2nn(C)c3cc(C)ccc23)c(F)c1.CNCCCOc1ccc(C2=NCc3cc(C)ccc32)c(F)c1.CNCCOc1ccc(-c2nn(C)c3cc(C)ccc23)c(F)c1.CNCCOc1ccc(C2=NCc3cc(C)ccc32)c(F)c1.COc1ccc(Cn2nc(-c3ccc(CO)cc3F)c3ccc(C)cc32)cc1. The number of aliphatic hydroxyl groups excluding tert-OH is 1. The Balaban J connectivity index is 0.000000148. The number of aliphatic hydroxyl groups is 1. The van der Waals surface area contributed by atoms with Crippen molar-refractivity contribution < 1.29 is 50.7 Å². The number of nitrogens with zero attached hydrogens (tertiary/aromatic N) is 8. The van der Waals surface area contributed by atoms with Crippen LogP contribution < -0.4 is 45.0 Å². The van der Waals surface area contributed by atoms with Gasteiger partial charge < -0.3 is 50.1 Å². The van der Waals surface area contributed by atoms with E-state index >= 15 is 0 Å². The average Bonchev–Trinajstić information content (AvgIpc) is 1.67. The van der Waals surface area contributed by atoms with E-state index in [1.807, 2.05) is 159 Å². The normalized spacial score (nSPS) is 11.7. The second kappa shape index (κ2) is 42.5. The number of hydrogen-bond acceptors (Lipinski definition) is 15. The third kappa shape index (κ3) is 22.4. The minimum Gasteiger partial charge on any atom is -0.497 e. The number of nitrogens with one attached hydrogen (secondary N) is 4. The zero-order valence-corrected chi connectivity index (χ0v) is 70.0. The molecule has 0 fully saturated rings. The minimum absolute atomic E-state index is 0. The molecule has 0 atom stereocenters. The van der Waals surface area contributed by atoms with Crippen molar-refractivity contribution in [2.24, 2.45) is 24.1 Å². The molecule has 16 rings (SSSR count). The molecule has 23 heteroatoms. The quantitative estimate of drug-likeness (QED) is 0.0241. The molecule has 5 N–H and O–H groups in total. The molecule has 0 amide bonds. The van der Waals surface area contributed by atoms with Gasteiger partial charge in [0.05, 0.1) is 74.5 Å². The van der Waals surface area contributed by atoms with Gasteiger partial charge in [-0.1, -0.05) is 110 Å². The zero-order valence-electron chi connectivity index (χ0n) is 70.0. The molecule has 5 heterocycles. The lowest BCUT2D eigenvalue weighted by molar-refractivity contribution is 0.281. The van der Waals surface area contributed by atoms with Gasteiger partial charge in [0, 0.05) is 107 Å². The van der Waals surface area contributed by atoms with Crippen molar-refractivity contribution in [2.75, 3.05) is 87.9 Å². The van der Waals surface area contributed by atoms with Gasteiger partial charge in [0.2, 0.25) is 0 Å². The number of halogens is 5. The Morgan fingerprint density at radius 1 is 0.355 bits per heavy atom.